The molecule has 1 aromatic carbocycles. The first kappa shape index (κ1) is 17.0. The number of rotatable bonds is 5. The van der Waals surface area contributed by atoms with E-state index in [1.165, 1.54) is 9.80 Å². The fourth-order valence-electron chi connectivity index (χ4n) is 2.00. The van der Waals surface area contributed by atoms with Crippen LogP contribution in [-0.2, 0) is 4.79 Å². The van der Waals surface area contributed by atoms with Crippen molar-refractivity contribution in [2.24, 2.45) is 0 Å². The zero-order chi connectivity index (χ0) is 17.0. The number of benzene rings is 1. The number of carbonyl (C=O) groups excluding carboxylic acids is 2. The van der Waals surface area contributed by atoms with Crippen molar-refractivity contribution in [3.63, 3.8) is 0 Å². The zero-order valence-electron chi connectivity index (χ0n) is 13.4. The van der Waals surface area contributed by atoms with Crippen molar-refractivity contribution in [1.29, 1.82) is 0 Å². The average Bonchev–Trinajstić information content (AvgIpc) is 3.01. The van der Waals surface area contributed by atoms with Crippen LogP contribution in [0.2, 0.25) is 5.02 Å². The van der Waals surface area contributed by atoms with Crippen molar-refractivity contribution >= 4 is 23.4 Å². The largest absolute Gasteiger partial charge is 0.347 e. The summed E-state index contributed by atoms with van der Waals surface area (Å²) in [6.07, 6.45) is 1.68. The number of amides is 2. The van der Waals surface area contributed by atoms with Crippen LogP contribution in [0.4, 0.5) is 0 Å². The molecule has 0 bridgehead atoms. The second-order valence-corrected chi connectivity index (χ2v) is 5.61. The Balaban J connectivity index is 2.20. The molecular formula is C16H19ClN4O2. The van der Waals surface area contributed by atoms with Crippen molar-refractivity contribution in [3.05, 3.63) is 47.2 Å². The Kier molecular flexibility index (Phi) is 5.39. The molecule has 0 spiro atoms. The van der Waals surface area contributed by atoms with Gasteiger partial charge < -0.3 is 9.80 Å². The number of carbonyl (C=O) groups is 2. The first-order chi connectivity index (χ1) is 10.9. The summed E-state index contributed by atoms with van der Waals surface area (Å²) >= 11 is 6.13. The summed E-state index contributed by atoms with van der Waals surface area (Å²) in [6.45, 7) is 2.28. The van der Waals surface area contributed by atoms with Crippen LogP contribution in [0.5, 0.6) is 0 Å². The summed E-state index contributed by atoms with van der Waals surface area (Å²) in [4.78, 5) is 27.2. The molecule has 2 rings (SSSR count). The van der Waals surface area contributed by atoms with Gasteiger partial charge in [0, 0.05) is 26.8 Å². The fraction of sp³-hybridized carbons (Fsp3) is 0.312. The Labute approximate surface area is 140 Å². The van der Waals surface area contributed by atoms with Crippen molar-refractivity contribution in [3.8, 4) is 5.69 Å². The summed E-state index contributed by atoms with van der Waals surface area (Å²) in [7, 11) is 3.32. The Hall–Kier alpha value is -2.34. The van der Waals surface area contributed by atoms with E-state index in [4.69, 9.17) is 11.6 Å². The maximum atomic E-state index is 12.5. The van der Waals surface area contributed by atoms with E-state index >= 15 is 0 Å². The molecule has 0 fully saturated rings. The van der Waals surface area contributed by atoms with Gasteiger partial charge >= 0.3 is 0 Å². The second-order valence-electron chi connectivity index (χ2n) is 5.20. The van der Waals surface area contributed by atoms with Gasteiger partial charge in [-0.2, -0.15) is 5.10 Å². The topological polar surface area (TPSA) is 58.4 Å². The lowest BCUT2D eigenvalue weighted by Crippen LogP contribution is -2.40. The lowest BCUT2D eigenvalue weighted by Gasteiger charge is -2.21. The summed E-state index contributed by atoms with van der Waals surface area (Å²) < 4.78 is 1.55. The number of likely N-dealkylation sites (N-methyl/N-ethyl adjacent to an activating group) is 2. The van der Waals surface area contributed by atoms with Gasteiger partial charge in [0.1, 0.15) is 6.54 Å². The van der Waals surface area contributed by atoms with Crippen LogP contribution in [0.25, 0.3) is 5.69 Å². The third-order valence-electron chi connectivity index (χ3n) is 3.40. The van der Waals surface area contributed by atoms with Gasteiger partial charge in [0.05, 0.1) is 10.7 Å². The Morgan fingerprint density at radius 2 is 1.91 bits per heavy atom. The highest BCUT2D eigenvalue weighted by molar-refractivity contribution is 6.32. The first-order valence-electron chi connectivity index (χ1n) is 7.24. The van der Waals surface area contributed by atoms with Crippen molar-refractivity contribution < 1.29 is 9.59 Å². The van der Waals surface area contributed by atoms with Crippen molar-refractivity contribution in [1.82, 2.24) is 19.6 Å². The molecule has 0 saturated heterocycles. The highest BCUT2D eigenvalue weighted by Gasteiger charge is 2.20. The minimum absolute atomic E-state index is 0.0291. The van der Waals surface area contributed by atoms with E-state index in [0.29, 0.717) is 17.3 Å². The summed E-state index contributed by atoms with van der Waals surface area (Å²) in [5.41, 5.74) is 0.971. The Morgan fingerprint density at radius 3 is 2.52 bits per heavy atom. The summed E-state index contributed by atoms with van der Waals surface area (Å²) in [5.74, 6) is -0.417. The van der Waals surface area contributed by atoms with E-state index in [9.17, 15) is 9.59 Å². The number of hydrogen-bond acceptors (Lipinski definition) is 3. The Bertz CT molecular complexity index is 712. The molecule has 1 aromatic heterocycles. The minimum atomic E-state index is -0.284. The average molecular weight is 335 g/mol. The number of nitrogens with zero attached hydrogens (tertiary/aromatic N) is 4. The van der Waals surface area contributed by atoms with Gasteiger partial charge in [-0.05, 0) is 25.1 Å². The molecule has 0 aliphatic heterocycles. The SMILES string of the molecule is CCN(CC(=O)N(C)C)C(=O)c1ccn(-c2ccccc2Cl)n1. The molecule has 0 atom stereocenters. The van der Waals surface area contributed by atoms with Gasteiger partial charge in [-0.1, -0.05) is 23.7 Å². The molecule has 0 aliphatic carbocycles. The fourth-order valence-corrected chi connectivity index (χ4v) is 2.23. The van der Waals surface area contributed by atoms with E-state index in [0.717, 1.165) is 0 Å². The molecule has 122 valence electrons. The van der Waals surface area contributed by atoms with Crippen LogP contribution in [0.3, 0.4) is 0 Å². The highest BCUT2D eigenvalue weighted by Crippen LogP contribution is 2.19. The molecular weight excluding hydrogens is 316 g/mol. The van der Waals surface area contributed by atoms with Gasteiger partial charge in [0.2, 0.25) is 5.91 Å². The van der Waals surface area contributed by atoms with Gasteiger partial charge in [-0.3, -0.25) is 9.59 Å². The van der Waals surface area contributed by atoms with Gasteiger partial charge in [0.15, 0.2) is 5.69 Å². The molecule has 6 nitrogen and oxygen atoms in total. The summed E-state index contributed by atoms with van der Waals surface area (Å²) in [5, 5.41) is 4.82. The molecule has 23 heavy (non-hydrogen) atoms. The first-order valence-corrected chi connectivity index (χ1v) is 7.61. The van der Waals surface area contributed by atoms with Crippen LogP contribution in [-0.4, -0.2) is 58.6 Å². The number of para-hydroxylation sites is 1. The van der Waals surface area contributed by atoms with Crippen molar-refractivity contribution in [2.75, 3.05) is 27.2 Å². The lowest BCUT2D eigenvalue weighted by molar-refractivity contribution is -0.129. The van der Waals surface area contributed by atoms with E-state index in [-0.39, 0.29) is 24.1 Å². The molecule has 0 unspecified atom stereocenters. The third kappa shape index (κ3) is 3.90. The third-order valence-corrected chi connectivity index (χ3v) is 3.72. The molecule has 1 heterocycles. The second kappa shape index (κ2) is 7.28. The predicted octanol–water partition coefficient (Wildman–Crippen LogP) is 2.08. The standard InChI is InChI=1S/C16H19ClN4O2/c1-4-20(11-15(22)19(2)3)16(23)13-9-10-21(18-13)14-8-6-5-7-12(14)17/h5-10H,4,11H2,1-3H3. The van der Waals surface area contributed by atoms with Crippen LogP contribution in [0.1, 0.15) is 17.4 Å². The number of hydrogen-bond donors (Lipinski definition) is 0. The van der Waals surface area contributed by atoms with E-state index in [1.807, 2.05) is 25.1 Å². The molecule has 0 aliphatic rings. The number of aromatic nitrogens is 2. The maximum absolute atomic E-state index is 12.5. The normalized spacial score (nSPS) is 10.4. The van der Waals surface area contributed by atoms with Crippen LogP contribution in [0, 0.1) is 0 Å². The van der Waals surface area contributed by atoms with Gasteiger partial charge in [0.25, 0.3) is 5.91 Å². The van der Waals surface area contributed by atoms with Crippen LogP contribution < -0.4 is 0 Å². The maximum Gasteiger partial charge on any atom is 0.274 e. The van der Waals surface area contributed by atoms with E-state index in [1.54, 1.807) is 37.1 Å². The van der Waals surface area contributed by atoms with Gasteiger partial charge in [-0.25, -0.2) is 4.68 Å². The number of halogens is 1. The smallest absolute Gasteiger partial charge is 0.274 e. The molecule has 0 saturated carbocycles. The van der Waals surface area contributed by atoms with Gasteiger partial charge in [-0.15, -0.1) is 0 Å². The predicted molar refractivity (Wildman–Crippen MR) is 88.8 cm³/mol. The minimum Gasteiger partial charge on any atom is -0.347 e. The quantitative estimate of drug-likeness (QED) is 0.841. The Morgan fingerprint density at radius 1 is 1.22 bits per heavy atom. The lowest BCUT2D eigenvalue weighted by atomic mass is 10.3. The summed E-state index contributed by atoms with van der Waals surface area (Å²) in [6, 6.07) is 8.87. The molecule has 0 radical (unpaired) electrons. The van der Waals surface area contributed by atoms with Crippen LogP contribution in [0.15, 0.2) is 36.5 Å². The van der Waals surface area contributed by atoms with E-state index in [2.05, 4.69) is 5.10 Å². The van der Waals surface area contributed by atoms with Crippen molar-refractivity contribution in [2.45, 2.75) is 6.92 Å². The van der Waals surface area contributed by atoms with E-state index < -0.39 is 0 Å². The molecule has 0 N–H and O–H groups in total. The zero-order valence-corrected chi connectivity index (χ0v) is 14.1. The van der Waals surface area contributed by atoms with Crippen LogP contribution >= 0.6 is 11.6 Å². The molecule has 7 heteroatoms. The molecule has 2 aromatic rings. The molecule has 2 amide bonds. The highest BCUT2D eigenvalue weighted by atomic mass is 35.5. The monoisotopic (exact) mass is 334 g/mol.